The highest BCUT2D eigenvalue weighted by atomic mass is 35.5. The van der Waals surface area contributed by atoms with Crippen LogP contribution in [0.2, 0.25) is 5.02 Å². The second-order valence-electron chi connectivity index (χ2n) is 6.93. The Morgan fingerprint density at radius 1 is 1.30 bits per heavy atom. The minimum absolute atomic E-state index is 0.0711. The van der Waals surface area contributed by atoms with Gasteiger partial charge in [0.05, 0.1) is 11.7 Å². The zero-order chi connectivity index (χ0) is 19.0. The number of carbonyl (C=O) groups is 1. The molecule has 0 bridgehead atoms. The smallest absolute Gasteiger partial charge is 0.262 e. The minimum atomic E-state index is -0.273. The number of amides is 1. The van der Waals surface area contributed by atoms with Gasteiger partial charge >= 0.3 is 0 Å². The number of hydrogen-bond donors (Lipinski definition) is 1. The maximum absolute atomic E-state index is 13.0. The summed E-state index contributed by atoms with van der Waals surface area (Å²) in [5.41, 5.74) is 2.58. The monoisotopic (exact) mass is 401 g/mol. The molecule has 0 spiro atoms. The van der Waals surface area contributed by atoms with Gasteiger partial charge in [0.1, 0.15) is 11.4 Å². The number of nitrogens with one attached hydrogen (secondary N) is 1. The van der Waals surface area contributed by atoms with Gasteiger partial charge in [-0.3, -0.25) is 14.2 Å². The lowest BCUT2D eigenvalue weighted by Crippen LogP contribution is -2.28. The Balaban J connectivity index is 1.63. The fraction of sp³-hybridized carbons (Fsp3) is 0.350. The van der Waals surface area contributed by atoms with Crippen molar-refractivity contribution in [3.05, 3.63) is 55.9 Å². The molecule has 0 atom stereocenters. The molecule has 0 unspecified atom stereocenters. The number of aryl methyl sites for hydroxylation is 3. The van der Waals surface area contributed by atoms with Crippen molar-refractivity contribution in [2.45, 2.75) is 45.6 Å². The molecule has 0 aliphatic heterocycles. The third-order valence-electron chi connectivity index (χ3n) is 4.98. The molecule has 1 aliphatic carbocycles. The predicted molar refractivity (Wildman–Crippen MR) is 110 cm³/mol. The van der Waals surface area contributed by atoms with Gasteiger partial charge in [-0.15, -0.1) is 11.3 Å². The fourth-order valence-electron chi connectivity index (χ4n) is 3.54. The first-order valence-electron chi connectivity index (χ1n) is 9.08. The maximum Gasteiger partial charge on any atom is 0.262 e. The topological polar surface area (TPSA) is 64.0 Å². The summed E-state index contributed by atoms with van der Waals surface area (Å²) < 4.78 is 1.40. The van der Waals surface area contributed by atoms with E-state index in [9.17, 15) is 9.59 Å². The van der Waals surface area contributed by atoms with Crippen molar-refractivity contribution < 1.29 is 4.79 Å². The van der Waals surface area contributed by atoms with Gasteiger partial charge in [-0.25, -0.2) is 4.98 Å². The van der Waals surface area contributed by atoms with E-state index in [1.165, 1.54) is 22.2 Å². The molecule has 2 aromatic heterocycles. The summed E-state index contributed by atoms with van der Waals surface area (Å²) in [6.45, 7) is 1.82. The Bertz CT molecular complexity index is 1090. The highest BCUT2D eigenvalue weighted by molar-refractivity contribution is 7.18. The molecule has 27 heavy (non-hydrogen) atoms. The number of halogens is 1. The molecule has 7 heteroatoms. The average molecular weight is 402 g/mol. The van der Waals surface area contributed by atoms with Gasteiger partial charge in [-0.2, -0.15) is 0 Å². The maximum atomic E-state index is 13.0. The van der Waals surface area contributed by atoms with Crippen LogP contribution in [0.1, 0.15) is 35.3 Å². The summed E-state index contributed by atoms with van der Waals surface area (Å²) in [4.78, 5) is 32.0. The first-order valence-corrected chi connectivity index (χ1v) is 10.3. The number of aromatic nitrogens is 2. The van der Waals surface area contributed by atoms with Gasteiger partial charge in [0, 0.05) is 15.6 Å². The van der Waals surface area contributed by atoms with Gasteiger partial charge in [-0.1, -0.05) is 24.1 Å². The third-order valence-corrected chi connectivity index (χ3v) is 6.41. The van der Waals surface area contributed by atoms with E-state index < -0.39 is 0 Å². The zero-order valence-corrected chi connectivity index (χ0v) is 16.6. The summed E-state index contributed by atoms with van der Waals surface area (Å²) in [6, 6.07) is 5.33. The number of rotatable bonds is 3. The molecule has 1 N–H and O–H groups in total. The number of nitrogens with zero attached hydrogens (tertiary/aromatic N) is 2. The van der Waals surface area contributed by atoms with Gasteiger partial charge in [-0.05, 0) is 55.9 Å². The van der Waals surface area contributed by atoms with E-state index in [1.54, 1.807) is 23.5 Å². The third kappa shape index (κ3) is 3.64. The van der Waals surface area contributed by atoms with Crippen LogP contribution in [-0.4, -0.2) is 15.5 Å². The average Bonchev–Trinajstić information content (AvgIpc) is 2.83. The van der Waals surface area contributed by atoms with Gasteiger partial charge in [0.2, 0.25) is 5.91 Å². The normalized spacial score (nSPS) is 14.0. The van der Waals surface area contributed by atoms with Crippen LogP contribution in [0, 0.1) is 6.92 Å². The van der Waals surface area contributed by atoms with Crippen LogP contribution in [0.5, 0.6) is 0 Å². The molecular formula is C20H20ClN3O2S. The van der Waals surface area contributed by atoms with Crippen LogP contribution < -0.4 is 10.9 Å². The molecule has 4 rings (SSSR count). The van der Waals surface area contributed by atoms with E-state index in [4.69, 9.17) is 11.6 Å². The number of thiophene rings is 1. The second kappa shape index (κ2) is 7.44. The standard InChI is InChI=1S/C20H20ClN3O2S/c1-12-7-8-13(21)9-15(12)23-17(25)10-24-11-22-19-18(20(24)26)14-5-3-2-4-6-16(14)27-19/h7-9,11H,2-6,10H2,1H3,(H,23,25). The first kappa shape index (κ1) is 18.2. The quantitative estimate of drug-likeness (QED) is 0.664. The Hall–Kier alpha value is -2.18. The molecule has 1 aliphatic rings. The summed E-state index contributed by atoms with van der Waals surface area (Å²) >= 11 is 7.63. The number of fused-ring (bicyclic) bond motifs is 3. The zero-order valence-electron chi connectivity index (χ0n) is 15.0. The van der Waals surface area contributed by atoms with Crippen molar-refractivity contribution in [1.82, 2.24) is 9.55 Å². The van der Waals surface area contributed by atoms with Crippen molar-refractivity contribution in [2.24, 2.45) is 0 Å². The SMILES string of the molecule is Cc1ccc(Cl)cc1NC(=O)Cn1cnc2sc3c(c2c1=O)CCCCC3. The van der Waals surface area contributed by atoms with Crippen molar-refractivity contribution in [3.8, 4) is 0 Å². The van der Waals surface area contributed by atoms with Crippen molar-refractivity contribution in [1.29, 1.82) is 0 Å². The second-order valence-corrected chi connectivity index (χ2v) is 8.45. The number of anilines is 1. The summed E-state index contributed by atoms with van der Waals surface area (Å²) in [6.07, 6.45) is 6.87. The molecule has 1 amide bonds. The van der Waals surface area contributed by atoms with Crippen LogP contribution in [0.3, 0.4) is 0 Å². The molecule has 0 saturated heterocycles. The summed E-state index contributed by atoms with van der Waals surface area (Å²) in [7, 11) is 0. The van der Waals surface area contributed by atoms with E-state index in [1.807, 2.05) is 13.0 Å². The number of carbonyl (C=O) groups excluding carboxylic acids is 1. The van der Waals surface area contributed by atoms with E-state index in [0.29, 0.717) is 16.1 Å². The summed E-state index contributed by atoms with van der Waals surface area (Å²) in [5.74, 6) is -0.273. The molecular weight excluding hydrogens is 382 g/mol. The van der Waals surface area contributed by atoms with E-state index in [0.717, 1.165) is 41.6 Å². The fourth-order valence-corrected chi connectivity index (χ4v) is 4.94. The van der Waals surface area contributed by atoms with E-state index in [-0.39, 0.29) is 18.0 Å². The molecule has 0 fully saturated rings. The molecule has 3 aromatic rings. The molecule has 140 valence electrons. The van der Waals surface area contributed by atoms with E-state index in [2.05, 4.69) is 10.3 Å². The predicted octanol–water partition coefficient (Wildman–Crippen LogP) is 4.33. The Morgan fingerprint density at radius 2 is 2.11 bits per heavy atom. The van der Waals surface area contributed by atoms with Crippen LogP contribution in [0.15, 0.2) is 29.3 Å². The lowest BCUT2D eigenvalue weighted by atomic mass is 10.1. The van der Waals surface area contributed by atoms with Gasteiger partial charge < -0.3 is 5.32 Å². The lowest BCUT2D eigenvalue weighted by Gasteiger charge is -2.10. The molecule has 1 aromatic carbocycles. The van der Waals surface area contributed by atoms with Crippen molar-refractivity contribution in [3.63, 3.8) is 0 Å². The van der Waals surface area contributed by atoms with Gasteiger partial charge in [0.15, 0.2) is 0 Å². The number of benzene rings is 1. The van der Waals surface area contributed by atoms with Crippen LogP contribution >= 0.6 is 22.9 Å². The van der Waals surface area contributed by atoms with Crippen molar-refractivity contribution in [2.75, 3.05) is 5.32 Å². The first-order chi connectivity index (χ1) is 13.0. The van der Waals surface area contributed by atoms with Crippen molar-refractivity contribution >= 4 is 44.7 Å². The van der Waals surface area contributed by atoms with Crippen LogP contribution in [-0.2, 0) is 24.2 Å². The van der Waals surface area contributed by atoms with Crippen LogP contribution in [0.4, 0.5) is 5.69 Å². The number of hydrogen-bond acceptors (Lipinski definition) is 4. The molecule has 2 heterocycles. The lowest BCUT2D eigenvalue weighted by molar-refractivity contribution is -0.116. The highest BCUT2D eigenvalue weighted by Crippen LogP contribution is 2.32. The molecule has 0 radical (unpaired) electrons. The van der Waals surface area contributed by atoms with E-state index >= 15 is 0 Å². The largest absolute Gasteiger partial charge is 0.324 e. The molecule has 5 nitrogen and oxygen atoms in total. The molecule has 0 saturated carbocycles. The van der Waals surface area contributed by atoms with Crippen LogP contribution in [0.25, 0.3) is 10.2 Å². The Morgan fingerprint density at radius 3 is 2.96 bits per heavy atom. The minimum Gasteiger partial charge on any atom is -0.324 e. The summed E-state index contributed by atoms with van der Waals surface area (Å²) in [5, 5.41) is 4.09. The Kier molecular flexibility index (Phi) is 5.02. The Labute approximate surface area is 166 Å². The highest BCUT2D eigenvalue weighted by Gasteiger charge is 2.19. The van der Waals surface area contributed by atoms with Gasteiger partial charge in [0.25, 0.3) is 5.56 Å².